The zero-order valence-electron chi connectivity index (χ0n) is 6.33. The minimum Gasteiger partial charge on any atom is -0.246 e. The lowest BCUT2D eigenvalue weighted by molar-refractivity contribution is 0.301. The molecular weight excluding hydrogens is 157 g/mol. The molecule has 0 saturated heterocycles. The molecule has 0 spiro atoms. The van der Waals surface area contributed by atoms with Crippen LogP contribution < -0.4 is 0 Å². The normalized spacial score (nSPS) is 15.7. The molecule has 10 heavy (non-hydrogen) atoms. The summed E-state index contributed by atoms with van der Waals surface area (Å²) in [5.74, 6) is 0. The topological polar surface area (TPSA) is 37.4 Å². The molecule has 0 amide bonds. The maximum atomic E-state index is 12.2. The molecule has 0 heterocycles. The first-order chi connectivity index (χ1) is 4.34. The third kappa shape index (κ3) is 3.79. The van der Waals surface area contributed by atoms with E-state index in [2.05, 4.69) is 0 Å². The molecule has 0 aromatic rings. The van der Waals surface area contributed by atoms with Gasteiger partial charge in [0.25, 0.3) is 0 Å². The monoisotopic (exact) mass is 169 g/mol. The van der Waals surface area contributed by atoms with Gasteiger partial charge in [0.15, 0.2) is 0 Å². The van der Waals surface area contributed by atoms with E-state index in [4.69, 9.17) is 0 Å². The zero-order valence-corrected chi connectivity index (χ0v) is 7.15. The molecule has 0 saturated carbocycles. The van der Waals surface area contributed by atoms with Crippen molar-refractivity contribution in [1.82, 2.24) is 4.31 Å². The van der Waals surface area contributed by atoms with Crippen LogP contribution in [0.4, 0.5) is 4.39 Å². The van der Waals surface area contributed by atoms with Gasteiger partial charge in [-0.25, -0.2) is 17.1 Å². The summed E-state index contributed by atoms with van der Waals surface area (Å²) < 4.78 is 34.4. The SMILES string of the molecule is CC(F)CN(C)S(C)(=O)=O. The van der Waals surface area contributed by atoms with Crippen molar-refractivity contribution in [2.45, 2.75) is 13.1 Å². The van der Waals surface area contributed by atoms with Gasteiger partial charge in [0.2, 0.25) is 10.0 Å². The van der Waals surface area contributed by atoms with Crippen molar-refractivity contribution < 1.29 is 12.8 Å². The average Bonchev–Trinajstić information content (AvgIpc) is 1.60. The summed E-state index contributed by atoms with van der Waals surface area (Å²) in [5, 5.41) is 0. The molecule has 1 atom stereocenters. The molecule has 0 aromatic heterocycles. The molecule has 0 N–H and O–H groups in total. The third-order valence-electron chi connectivity index (χ3n) is 1.07. The van der Waals surface area contributed by atoms with E-state index in [1.165, 1.54) is 14.0 Å². The van der Waals surface area contributed by atoms with Crippen molar-refractivity contribution in [2.75, 3.05) is 19.8 Å². The second-order valence-corrected chi connectivity index (χ2v) is 4.41. The van der Waals surface area contributed by atoms with Crippen LogP contribution in [0.25, 0.3) is 0 Å². The van der Waals surface area contributed by atoms with E-state index in [9.17, 15) is 12.8 Å². The molecule has 5 heteroatoms. The summed E-state index contributed by atoms with van der Waals surface area (Å²) in [6.45, 7) is 1.25. The Morgan fingerprint density at radius 1 is 1.60 bits per heavy atom. The predicted molar refractivity (Wildman–Crippen MR) is 38.0 cm³/mol. The molecule has 0 rings (SSSR count). The average molecular weight is 169 g/mol. The van der Waals surface area contributed by atoms with E-state index in [0.717, 1.165) is 10.6 Å². The predicted octanol–water partition coefficient (Wildman–Crippen LogP) is 0.236. The molecule has 0 aromatic carbocycles. The highest BCUT2D eigenvalue weighted by atomic mass is 32.2. The van der Waals surface area contributed by atoms with Gasteiger partial charge in [-0.1, -0.05) is 0 Å². The zero-order chi connectivity index (χ0) is 8.36. The van der Waals surface area contributed by atoms with Crippen molar-refractivity contribution >= 4 is 10.0 Å². The minimum atomic E-state index is -3.20. The number of hydrogen-bond donors (Lipinski definition) is 0. The third-order valence-corrected chi connectivity index (χ3v) is 2.36. The van der Waals surface area contributed by atoms with E-state index < -0.39 is 16.2 Å². The molecule has 62 valence electrons. The van der Waals surface area contributed by atoms with Gasteiger partial charge in [0.1, 0.15) is 6.17 Å². The number of sulfonamides is 1. The van der Waals surface area contributed by atoms with Crippen LogP contribution in [-0.4, -0.2) is 38.7 Å². The number of nitrogens with zero attached hydrogens (tertiary/aromatic N) is 1. The highest BCUT2D eigenvalue weighted by Gasteiger charge is 2.12. The van der Waals surface area contributed by atoms with Crippen LogP contribution in [0.3, 0.4) is 0 Å². The summed E-state index contributed by atoms with van der Waals surface area (Å²) in [6.07, 6.45) is -0.0604. The van der Waals surface area contributed by atoms with Gasteiger partial charge >= 0.3 is 0 Å². The van der Waals surface area contributed by atoms with Gasteiger partial charge < -0.3 is 0 Å². The Kier molecular flexibility index (Phi) is 3.24. The highest BCUT2D eigenvalue weighted by molar-refractivity contribution is 7.88. The van der Waals surface area contributed by atoms with Crippen LogP contribution in [0.1, 0.15) is 6.92 Å². The van der Waals surface area contributed by atoms with Gasteiger partial charge in [0.05, 0.1) is 6.26 Å². The first-order valence-electron chi connectivity index (χ1n) is 2.89. The summed E-state index contributed by atoms with van der Waals surface area (Å²) in [5.41, 5.74) is 0. The van der Waals surface area contributed by atoms with E-state index in [1.54, 1.807) is 0 Å². The van der Waals surface area contributed by atoms with Crippen molar-refractivity contribution in [3.8, 4) is 0 Å². The number of halogens is 1. The molecule has 0 bridgehead atoms. The second kappa shape index (κ2) is 3.30. The van der Waals surface area contributed by atoms with Crippen molar-refractivity contribution in [1.29, 1.82) is 0 Å². The standard InChI is InChI=1S/C5H12FNO2S/c1-5(6)4-7(2)10(3,8)9/h5H,4H2,1-3H3. The lowest BCUT2D eigenvalue weighted by atomic mass is 10.4. The fourth-order valence-corrected chi connectivity index (χ4v) is 0.966. The maximum Gasteiger partial charge on any atom is 0.211 e. The van der Waals surface area contributed by atoms with Crippen LogP contribution in [0.5, 0.6) is 0 Å². The molecule has 0 aliphatic carbocycles. The Morgan fingerprint density at radius 2 is 2.00 bits per heavy atom. The van der Waals surface area contributed by atoms with Crippen LogP contribution in [0.15, 0.2) is 0 Å². The number of hydrogen-bond acceptors (Lipinski definition) is 2. The van der Waals surface area contributed by atoms with Crippen LogP contribution in [-0.2, 0) is 10.0 Å². The van der Waals surface area contributed by atoms with E-state index in [1.807, 2.05) is 0 Å². The quantitative estimate of drug-likeness (QED) is 0.606. The smallest absolute Gasteiger partial charge is 0.211 e. The molecule has 0 aliphatic rings. The van der Waals surface area contributed by atoms with E-state index >= 15 is 0 Å². The molecule has 1 unspecified atom stereocenters. The summed E-state index contributed by atoms with van der Waals surface area (Å²) >= 11 is 0. The first-order valence-corrected chi connectivity index (χ1v) is 4.74. The van der Waals surface area contributed by atoms with E-state index in [0.29, 0.717) is 0 Å². The molecule has 0 fully saturated rings. The van der Waals surface area contributed by atoms with Crippen molar-refractivity contribution in [3.05, 3.63) is 0 Å². The molecule has 3 nitrogen and oxygen atoms in total. The van der Waals surface area contributed by atoms with Gasteiger partial charge in [-0.15, -0.1) is 0 Å². The minimum absolute atomic E-state index is 0.0706. The van der Waals surface area contributed by atoms with Crippen molar-refractivity contribution in [2.24, 2.45) is 0 Å². The van der Waals surface area contributed by atoms with Crippen molar-refractivity contribution in [3.63, 3.8) is 0 Å². The van der Waals surface area contributed by atoms with Crippen LogP contribution in [0, 0.1) is 0 Å². The Morgan fingerprint density at radius 3 is 2.10 bits per heavy atom. The second-order valence-electron chi connectivity index (χ2n) is 2.32. The molecule has 0 radical (unpaired) electrons. The number of rotatable bonds is 3. The first kappa shape index (κ1) is 9.84. The number of alkyl halides is 1. The largest absolute Gasteiger partial charge is 0.246 e. The lowest BCUT2D eigenvalue weighted by Crippen LogP contribution is -2.30. The Labute approximate surface area is 60.9 Å². The summed E-state index contributed by atoms with van der Waals surface area (Å²) in [6, 6.07) is 0. The Balaban J connectivity index is 3.99. The van der Waals surface area contributed by atoms with Crippen LogP contribution in [0.2, 0.25) is 0 Å². The maximum absolute atomic E-state index is 12.2. The summed E-state index contributed by atoms with van der Waals surface area (Å²) in [7, 11) is -1.85. The van der Waals surface area contributed by atoms with Gasteiger partial charge in [-0.3, -0.25) is 0 Å². The van der Waals surface area contributed by atoms with Gasteiger partial charge in [-0.2, -0.15) is 0 Å². The molecular formula is C5H12FNO2S. The Hall–Kier alpha value is -0.160. The van der Waals surface area contributed by atoms with Crippen LogP contribution >= 0.6 is 0 Å². The highest BCUT2D eigenvalue weighted by Crippen LogP contribution is 1.97. The fourth-order valence-electron chi connectivity index (χ4n) is 0.490. The van der Waals surface area contributed by atoms with Gasteiger partial charge in [-0.05, 0) is 6.92 Å². The summed E-state index contributed by atoms with van der Waals surface area (Å²) in [4.78, 5) is 0. The van der Waals surface area contributed by atoms with Gasteiger partial charge in [0, 0.05) is 13.6 Å². The fraction of sp³-hybridized carbons (Fsp3) is 1.00. The van der Waals surface area contributed by atoms with E-state index in [-0.39, 0.29) is 6.54 Å². The Bertz CT molecular complexity index is 188. The molecule has 0 aliphatic heterocycles. The lowest BCUT2D eigenvalue weighted by Gasteiger charge is -2.13.